The minimum atomic E-state index is -0.278. The van der Waals surface area contributed by atoms with Gasteiger partial charge in [0.1, 0.15) is 5.75 Å². The second-order valence-corrected chi connectivity index (χ2v) is 9.27. The maximum atomic E-state index is 13.3. The van der Waals surface area contributed by atoms with E-state index in [0.29, 0.717) is 6.54 Å². The molecule has 0 bridgehead atoms. The van der Waals surface area contributed by atoms with E-state index in [0.717, 1.165) is 43.9 Å². The van der Waals surface area contributed by atoms with Crippen molar-refractivity contribution >= 4 is 17.5 Å². The number of piperidine rings is 1. The van der Waals surface area contributed by atoms with E-state index < -0.39 is 0 Å². The fourth-order valence-corrected chi connectivity index (χ4v) is 5.36. The Morgan fingerprint density at radius 1 is 1.07 bits per heavy atom. The van der Waals surface area contributed by atoms with Crippen LogP contribution >= 0.6 is 0 Å². The van der Waals surface area contributed by atoms with Crippen LogP contribution in [-0.4, -0.2) is 55.5 Å². The average molecular weight is 414 g/mol. The van der Waals surface area contributed by atoms with Crippen LogP contribution in [0.2, 0.25) is 0 Å². The normalized spacial score (nSPS) is 24.6. The van der Waals surface area contributed by atoms with Gasteiger partial charge in [0.15, 0.2) is 0 Å². The fourth-order valence-electron chi connectivity index (χ4n) is 5.36. The molecule has 1 unspecified atom stereocenters. The van der Waals surface area contributed by atoms with Crippen LogP contribution < -0.4 is 15.0 Å². The van der Waals surface area contributed by atoms with Crippen molar-refractivity contribution in [1.82, 2.24) is 10.2 Å². The van der Waals surface area contributed by atoms with Gasteiger partial charge in [-0.15, -0.1) is 0 Å². The van der Waals surface area contributed by atoms with Gasteiger partial charge in [0.2, 0.25) is 11.8 Å². The molecule has 0 aromatic heterocycles. The van der Waals surface area contributed by atoms with Gasteiger partial charge in [-0.2, -0.15) is 0 Å². The predicted octanol–water partition coefficient (Wildman–Crippen LogP) is 3.35. The molecule has 30 heavy (non-hydrogen) atoms. The molecule has 1 aromatic carbocycles. The van der Waals surface area contributed by atoms with Crippen LogP contribution in [0.15, 0.2) is 24.3 Å². The first kappa shape index (κ1) is 21.2. The Morgan fingerprint density at radius 3 is 2.40 bits per heavy atom. The number of nitrogens with zero attached hydrogens (tertiary/aromatic N) is 2. The summed E-state index contributed by atoms with van der Waals surface area (Å²) in [5.74, 6) is 0.559. The molecule has 1 aromatic rings. The Labute approximate surface area is 179 Å². The van der Waals surface area contributed by atoms with Gasteiger partial charge in [-0.1, -0.05) is 25.7 Å². The third kappa shape index (κ3) is 4.80. The number of carbonyl (C=O) groups is 2. The lowest BCUT2D eigenvalue weighted by molar-refractivity contribution is -0.128. The summed E-state index contributed by atoms with van der Waals surface area (Å²) in [7, 11) is 1.63. The molecule has 4 rings (SSSR count). The van der Waals surface area contributed by atoms with E-state index in [1.54, 1.807) is 12.0 Å². The minimum absolute atomic E-state index is 0.0223. The van der Waals surface area contributed by atoms with Crippen molar-refractivity contribution in [3.05, 3.63) is 24.3 Å². The molecule has 0 spiro atoms. The number of rotatable bonds is 6. The molecular weight excluding hydrogens is 378 g/mol. The van der Waals surface area contributed by atoms with Gasteiger partial charge in [-0.3, -0.25) is 9.59 Å². The molecule has 1 saturated carbocycles. The minimum Gasteiger partial charge on any atom is -0.497 e. The average Bonchev–Trinajstić information content (AvgIpc) is 3.17. The van der Waals surface area contributed by atoms with E-state index in [1.807, 2.05) is 24.3 Å². The number of methoxy groups -OCH3 is 1. The molecule has 3 aliphatic rings. The van der Waals surface area contributed by atoms with Gasteiger partial charge in [-0.05, 0) is 63.0 Å². The van der Waals surface area contributed by atoms with Crippen LogP contribution in [0, 0.1) is 5.92 Å². The lowest BCUT2D eigenvalue weighted by Crippen LogP contribution is -2.58. The maximum Gasteiger partial charge on any atom is 0.227 e. The topological polar surface area (TPSA) is 61.9 Å². The van der Waals surface area contributed by atoms with E-state index in [2.05, 4.69) is 10.2 Å². The van der Waals surface area contributed by atoms with Gasteiger partial charge < -0.3 is 19.9 Å². The van der Waals surface area contributed by atoms with Crippen LogP contribution in [-0.2, 0) is 9.59 Å². The predicted molar refractivity (Wildman–Crippen MR) is 118 cm³/mol. The lowest BCUT2D eigenvalue weighted by Gasteiger charge is -2.43. The number of hydrogen-bond donors (Lipinski definition) is 1. The van der Waals surface area contributed by atoms with Crippen LogP contribution in [0.3, 0.4) is 0 Å². The number of nitrogens with one attached hydrogen (secondary N) is 1. The van der Waals surface area contributed by atoms with E-state index >= 15 is 0 Å². The van der Waals surface area contributed by atoms with E-state index in [-0.39, 0.29) is 29.7 Å². The molecule has 6 heteroatoms. The molecule has 2 aliphatic heterocycles. The quantitative estimate of drug-likeness (QED) is 0.777. The first-order chi connectivity index (χ1) is 14.6. The summed E-state index contributed by atoms with van der Waals surface area (Å²) >= 11 is 0. The van der Waals surface area contributed by atoms with Crippen LogP contribution in [0.1, 0.15) is 57.8 Å². The highest BCUT2D eigenvalue weighted by Gasteiger charge is 2.40. The second kappa shape index (κ2) is 9.38. The largest absolute Gasteiger partial charge is 0.497 e. The van der Waals surface area contributed by atoms with Gasteiger partial charge in [0.05, 0.1) is 18.6 Å². The SMILES string of the molecule is COc1ccc(N2CC(C(=O)NC3(CN4CCCCC4)CCCCC3)CC2=O)cc1. The van der Waals surface area contributed by atoms with E-state index in [1.165, 1.54) is 38.5 Å². The zero-order valence-electron chi connectivity index (χ0n) is 18.2. The first-order valence-corrected chi connectivity index (χ1v) is 11.6. The highest BCUT2D eigenvalue weighted by atomic mass is 16.5. The number of likely N-dealkylation sites (tertiary alicyclic amines) is 1. The van der Waals surface area contributed by atoms with Crippen molar-refractivity contribution in [2.75, 3.05) is 38.2 Å². The molecule has 6 nitrogen and oxygen atoms in total. The van der Waals surface area contributed by atoms with E-state index in [9.17, 15) is 9.59 Å². The summed E-state index contributed by atoms with van der Waals surface area (Å²) in [6, 6.07) is 7.48. The zero-order chi connectivity index (χ0) is 21.0. The van der Waals surface area contributed by atoms with Gasteiger partial charge >= 0.3 is 0 Å². The maximum absolute atomic E-state index is 13.3. The molecule has 1 atom stereocenters. The standard InChI is InChI=1S/C24H35N3O3/c1-30-21-10-8-20(9-11-21)27-17-19(16-22(27)28)23(29)25-24(12-4-2-5-13-24)18-26-14-6-3-7-15-26/h8-11,19H,2-7,12-18H2,1H3,(H,25,29). The number of anilines is 1. The highest BCUT2D eigenvalue weighted by Crippen LogP contribution is 2.32. The third-order valence-corrected chi connectivity index (χ3v) is 7.05. The number of carbonyl (C=O) groups excluding carboxylic acids is 2. The van der Waals surface area contributed by atoms with Crippen LogP contribution in [0.4, 0.5) is 5.69 Å². The number of benzene rings is 1. The van der Waals surface area contributed by atoms with E-state index in [4.69, 9.17) is 4.74 Å². The summed E-state index contributed by atoms with van der Waals surface area (Å²) in [5, 5.41) is 3.45. The summed E-state index contributed by atoms with van der Waals surface area (Å²) in [6.45, 7) is 3.70. The van der Waals surface area contributed by atoms with Crippen molar-refractivity contribution in [2.45, 2.75) is 63.3 Å². The van der Waals surface area contributed by atoms with Crippen LogP contribution in [0.5, 0.6) is 5.75 Å². The first-order valence-electron chi connectivity index (χ1n) is 11.6. The molecule has 2 amide bonds. The summed E-state index contributed by atoms with van der Waals surface area (Å²) in [5.41, 5.74) is 0.709. The fraction of sp³-hybridized carbons (Fsp3) is 0.667. The Morgan fingerprint density at radius 2 is 1.73 bits per heavy atom. The van der Waals surface area contributed by atoms with Crippen molar-refractivity contribution in [2.24, 2.45) is 5.92 Å². The molecule has 3 fully saturated rings. The van der Waals surface area contributed by atoms with Gasteiger partial charge in [-0.25, -0.2) is 0 Å². The van der Waals surface area contributed by atoms with Gasteiger partial charge in [0.25, 0.3) is 0 Å². The zero-order valence-corrected chi connectivity index (χ0v) is 18.2. The summed E-state index contributed by atoms with van der Waals surface area (Å²) < 4.78 is 5.20. The number of ether oxygens (including phenoxy) is 1. The molecule has 0 radical (unpaired) electrons. The molecule has 2 heterocycles. The Kier molecular flexibility index (Phi) is 6.61. The van der Waals surface area contributed by atoms with Crippen molar-refractivity contribution in [3.8, 4) is 5.75 Å². The number of hydrogen-bond acceptors (Lipinski definition) is 4. The highest BCUT2D eigenvalue weighted by molar-refractivity contribution is 6.00. The smallest absolute Gasteiger partial charge is 0.227 e. The van der Waals surface area contributed by atoms with Crippen LogP contribution in [0.25, 0.3) is 0 Å². The Bertz CT molecular complexity index is 737. The second-order valence-electron chi connectivity index (χ2n) is 9.27. The molecule has 1 aliphatic carbocycles. The molecule has 2 saturated heterocycles. The Hall–Kier alpha value is -2.08. The molecule has 164 valence electrons. The number of amides is 2. The van der Waals surface area contributed by atoms with Gasteiger partial charge in [0, 0.05) is 25.2 Å². The lowest BCUT2D eigenvalue weighted by atomic mass is 9.80. The van der Waals surface area contributed by atoms with Crippen molar-refractivity contribution in [1.29, 1.82) is 0 Å². The Balaban J connectivity index is 1.41. The van der Waals surface area contributed by atoms with Crippen molar-refractivity contribution < 1.29 is 14.3 Å². The monoisotopic (exact) mass is 413 g/mol. The summed E-state index contributed by atoms with van der Waals surface area (Å²) in [4.78, 5) is 30.2. The molecule has 1 N–H and O–H groups in total. The summed E-state index contributed by atoms with van der Waals surface area (Å²) in [6.07, 6.45) is 9.85. The third-order valence-electron chi connectivity index (χ3n) is 7.05. The molecular formula is C24H35N3O3. The van der Waals surface area contributed by atoms with Crippen molar-refractivity contribution in [3.63, 3.8) is 0 Å².